The van der Waals surface area contributed by atoms with Crippen LogP contribution in [0.4, 0.5) is 0 Å². The van der Waals surface area contributed by atoms with E-state index in [4.69, 9.17) is 5.73 Å². The molecule has 0 aromatic heterocycles. The van der Waals surface area contributed by atoms with E-state index < -0.39 is 5.54 Å². The van der Waals surface area contributed by atoms with E-state index in [0.29, 0.717) is 6.42 Å². The highest BCUT2D eigenvalue weighted by Gasteiger charge is 2.35. The third kappa shape index (κ3) is 7.35. The Labute approximate surface area is 135 Å². The van der Waals surface area contributed by atoms with Crippen LogP contribution in [0.25, 0.3) is 0 Å². The third-order valence-electron chi connectivity index (χ3n) is 4.63. The summed E-state index contributed by atoms with van der Waals surface area (Å²) in [5, 5.41) is 0. The summed E-state index contributed by atoms with van der Waals surface area (Å²) in [5.74, 6) is -0.107. The van der Waals surface area contributed by atoms with Gasteiger partial charge in [0.2, 0.25) is 0 Å². The molecule has 0 amide bonds. The average Bonchev–Trinajstić information content (AvgIpc) is 2.49. The highest BCUT2D eigenvalue weighted by atomic mass is 16.1. The fraction of sp³-hybridized carbons (Fsp3) is 0.789. The van der Waals surface area contributed by atoms with Crippen LogP contribution >= 0.6 is 0 Å². The minimum atomic E-state index is -0.925. The predicted molar refractivity (Wildman–Crippen MR) is 91.8 cm³/mol. The van der Waals surface area contributed by atoms with E-state index in [0.717, 1.165) is 12.8 Å². The first-order chi connectivity index (χ1) is 10.6. The molecule has 0 bridgehead atoms. The molecule has 0 fully saturated rings. The maximum Gasteiger partial charge on any atom is 0.176 e. The van der Waals surface area contributed by atoms with Crippen molar-refractivity contribution in [3.63, 3.8) is 0 Å². The zero-order chi connectivity index (χ0) is 16.3. The molecule has 22 heavy (non-hydrogen) atoms. The molecule has 0 saturated heterocycles. The quantitative estimate of drug-likeness (QED) is 0.541. The molecule has 0 radical (unpaired) electrons. The van der Waals surface area contributed by atoms with Crippen LogP contribution in [-0.4, -0.2) is 17.1 Å². The molecule has 0 heterocycles. The molecular weight excluding hydrogens is 274 g/mol. The monoisotopic (exact) mass is 307 g/mol. The maximum atomic E-state index is 11.8. The van der Waals surface area contributed by atoms with E-state index in [-0.39, 0.29) is 18.0 Å². The van der Waals surface area contributed by atoms with Gasteiger partial charge in [-0.1, -0.05) is 77.6 Å². The van der Waals surface area contributed by atoms with Crippen molar-refractivity contribution in [1.29, 1.82) is 0 Å². The lowest BCUT2D eigenvalue weighted by atomic mass is 9.80. The number of carbonyl (C=O) groups excluding carboxylic acids is 2. The highest BCUT2D eigenvalue weighted by Crippen LogP contribution is 2.23. The molecular formula is C19H33NO2. The van der Waals surface area contributed by atoms with E-state index in [1.807, 2.05) is 0 Å². The third-order valence-corrected chi connectivity index (χ3v) is 4.63. The molecule has 0 spiro atoms. The van der Waals surface area contributed by atoms with Crippen molar-refractivity contribution in [2.75, 3.05) is 0 Å². The van der Waals surface area contributed by atoms with Gasteiger partial charge in [-0.2, -0.15) is 0 Å². The van der Waals surface area contributed by atoms with Crippen molar-refractivity contribution in [1.82, 2.24) is 0 Å². The van der Waals surface area contributed by atoms with Crippen molar-refractivity contribution in [2.24, 2.45) is 5.73 Å². The van der Waals surface area contributed by atoms with Gasteiger partial charge in [-0.3, -0.25) is 9.59 Å². The summed E-state index contributed by atoms with van der Waals surface area (Å²) in [6, 6.07) is 0. The molecule has 126 valence electrons. The van der Waals surface area contributed by atoms with Crippen molar-refractivity contribution in [2.45, 2.75) is 95.9 Å². The van der Waals surface area contributed by atoms with E-state index >= 15 is 0 Å². The number of allylic oxidation sites excluding steroid dienone is 1. The van der Waals surface area contributed by atoms with Crippen molar-refractivity contribution < 1.29 is 9.59 Å². The summed E-state index contributed by atoms with van der Waals surface area (Å²) in [5.41, 5.74) is 5.17. The molecule has 1 aliphatic rings. The van der Waals surface area contributed by atoms with Crippen LogP contribution in [0.15, 0.2) is 12.2 Å². The highest BCUT2D eigenvalue weighted by molar-refractivity contribution is 6.10. The number of hydrogen-bond acceptors (Lipinski definition) is 3. The molecule has 0 saturated carbocycles. The lowest BCUT2D eigenvalue weighted by Gasteiger charge is -2.27. The van der Waals surface area contributed by atoms with Gasteiger partial charge < -0.3 is 5.73 Å². The lowest BCUT2D eigenvalue weighted by Crippen LogP contribution is -2.50. The Bertz CT molecular complexity index is 376. The van der Waals surface area contributed by atoms with Gasteiger partial charge in [0.1, 0.15) is 0 Å². The number of rotatable bonds is 12. The summed E-state index contributed by atoms with van der Waals surface area (Å²) in [7, 11) is 0. The first kappa shape index (κ1) is 19.1. The van der Waals surface area contributed by atoms with E-state index in [1.165, 1.54) is 69.9 Å². The largest absolute Gasteiger partial charge is 0.318 e. The summed E-state index contributed by atoms with van der Waals surface area (Å²) < 4.78 is 0. The lowest BCUT2D eigenvalue weighted by molar-refractivity contribution is -0.126. The Kier molecular flexibility index (Phi) is 9.30. The Morgan fingerprint density at radius 1 is 0.864 bits per heavy atom. The van der Waals surface area contributed by atoms with Gasteiger partial charge >= 0.3 is 0 Å². The number of carbonyl (C=O) groups is 2. The van der Waals surface area contributed by atoms with E-state index in [9.17, 15) is 9.59 Å². The van der Waals surface area contributed by atoms with Gasteiger partial charge in [0.25, 0.3) is 0 Å². The normalized spacial score (nSPS) is 21.5. The minimum Gasteiger partial charge on any atom is -0.318 e. The number of ketones is 2. The summed E-state index contributed by atoms with van der Waals surface area (Å²) >= 11 is 0. The van der Waals surface area contributed by atoms with Crippen LogP contribution in [-0.2, 0) is 9.59 Å². The molecule has 0 aromatic carbocycles. The molecule has 2 N–H and O–H groups in total. The standard InChI is InChI=1S/C19H33NO2/c1-2-3-4-5-6-7-8-9-10-11-12-15-19(20)16-17(21)13-14-18(19)22/h13-14H,2-12,15-16,20H2,1H3. The topological polar surface area (TPSA) is 60.2 Å². The molecule has 1 unspecified atom stereocenters. The van der Waals surface area contributed by atoms with E-state index in [2.05, 4.69) is 6.92 Å². The predicted octanol–water partition coefficient (Wildman–Crippen LogP) is 4.48. The van der Waals surface area contributed by atoms with E-state index in [1.54, 1.807) is 0 Å². The van der Waals surface area contributed by atoms with Crippen molar-refractivity contribution in [3.8, 4) is 0 Å². The molecule has 3 heteroatoms. The molecule has 3 nitrogen and oxygen atoms in total. The summed E-state index contributed by atoms with van der Waals surface area (Å²) in [4.78, 5) is 23.2. The van der Waals surface area contributed by atoms with Crippen molar-refractivity contribution in [3.05, 3.63) is 12.2 Å². The van der Waals surface area contributed by atoms with Gasteiger partial charge in [0.15, 0.2) is 11.6 Å². The van der Waals surface area contributed by atoms with Gasteiger partial charge in [-0.05, 0) is 18.6 Å². The second-order valence-corrected chi connectivity index (χ2v) is 6.78. The van der Waals surface area contributed by atoms with Gasteiger partial charge in [-0.15, -0.1) is 0 Å². The average molecular weight is 307 g/mol. The second-order valence-electron chi connectivity index (χ2n) is 6.78. The molecule has 1 aliphatic carbocycles. The van der Waals surface area contributed by atoms with Crippen LogP contribution < -0.4 is 5.73 Å². The number of unbranched alkanes of at least 4 members (excludes halogenated alkanes) is 10. The van der Waals surface area contributed by atoms with Crippen LogP contribution in [0.2, 0.25) is 0 Å². The minimum absolute atomic E-state index is 0.0230. The van der Waals surface area contributed by atoms with Gasteiger partial charge in [-0.25, -0.2) is 0 Å². The molecule has 1 rings (SSSR count). The maximum absolute atomic E-state index is 11.8. The first-order valence-corrected chi connectivity index (χ1v) is 9.13. The zero-order valence-electron chi connectivity index (χ0n) is 14.2. The number of hydrogen-bond donors (Lipinski definition) is 1. The first-order valence-electron chi connectivity index (χ1n) is 9.13. The second kappa shape index (κ2) is 10.7. The fourth-order valence-electron chi connectivity index (χ4n) is 3.11. The SMILES string of the molecule is CCCCCCCCCCCCCC1(N)CC(=O)C=CC1=O. The van der Waals surface area contributed by atoms with Crippen LogP contribution in [0.3, 0.4) is 0 Å². The number of nitrogens with two attached hydrogens (primary N) is 1. The van der Waals surface area contributed by atoms with Gasteiger partial charge in [0, 0.05) is 6.42 Å². The summed E-state index contributed by atoms with van der Waals surface area (Å²) in [6.07, 6.45) is 17.6. The Morgan fingerprint density at radius 3 is 1.91 bits per heavy atom. The Hall–Kier alpha value is -0.960. The van der Waals surface area contributed by atoms with Crippen LogP contribution in [0, 0.1) is 0 Å². The molecule has 0 aromatic rings. The molecule has 0 aliphatic heterocycles. The zero-order valence-corrected chi connectivity index (χ0v) is 14.2. The Morgan fingerprint density at radius 2 is 1.36 bits per heavy atom. The van der Waals surface area contributed by atoms with Crippen LogP contribution in [0.5, 0.6) is 0 Å². The van der Waals surface area contributed by atoms with Gasteiger partial charge in [0.05, 0.1) is 5.54 Å². The molecule has 1 atom stereocenters. The van der Waals surface area contributed by atoms with Crippen molar-refractivity contribution >= 4 is 11.6 Å². The Balaban J connectivity index is 1.98. The summed E-state index contributed by atoms with van der Waals surface area (Å²) in [6.45, 7) is 2.25. The fourth-order valence-corrected chi connectivity index (χ4v) is 3.11. The smallest absolute Gasteiger partial charge is 0.176 e. The van der Waals surface area contributed by atoms with Crippen LogP contribution in [0.1, 0.15) is 90.4 Å².